The fourth-order valence-electron chi connectivity index (χ4n) is 2.06. The smallest absolute Gasteiger partial charge is 0.428 e. The largest absolute Gasteiger partial charge is 0.443 e. The Balaban J connectivity index is 2.71. The number of aryl methyl sites for hydroxylation is 1. The summed E-state index contributed by atoms with van der Waals surface area (Å²) >= 11 is 0. The van der Waals surface area contributed by atoms with Crippen molar-refractivity contribution >= 4 is 12.3 Å². The summed E-state index contributed by atoms with van der Waals surface area (Å²) in [6, 6.07) is 2.07. The third kappa shape index (κ3) is 5.61. The summed E-state index contributed by atoms with van der Waals surface area (Å²) in [5, 5.41) is 3.96. The molecule has 1 heterocycles. The van der Waals surface area contributed by atoms with Crippen LogP contribution in [-0.4, -0.2) is 22.5 Å². The van der Waals surface area contributed by atoms with Gasteiger partial charge in [-0.3, -0.25) is 0 Å². The van der Waals surface area contributed by atoms with Gasteiger partial charge in [0.15, 0.2) is 0 Å². The first kappa shape index (κ1) is 17.3. The summed E-state index contributed by atoms with van der Waals surface area (Å²) < 4.78 is 7.38. The average molecular weight is 293 g/mol. The van der Waals surface area contributed by atoms with Crippen LogP contribution in [0.25, 0.3) is 0 Å². The van der Waals surface area contributed by atoms with Crippen LogP contribution < -0.4 is 5.43 Å². The first-order chi connectivity index (χ1) is 9.60. The van der Waals surface area contributed by atoms with Crippen molar-refractivity contribution < 1.29 is 9.53 Å². The highest BCUT2D eigenvalue weighted by Gasteiger charge is 2.15. The van der Waals surface area contributed by atoms with Gasteiger partial charge >= 0.3 is 6.09 Å². The molecule has 0 aliphatic carbocycles. The van der Waals surface area contributed by atoms with E-state index in [0.717, 1.165) is 17.8 Å². The van der Waals surface area contributed by atoms with Gasteiger partial charge in [-0.15, -0.1) is 0 Å². The number of nitrogens with one attached hydrogen (secondary N) is 1. The van der Waals surface area contributed by atoms with E-state index in [4.69, 9.17) is 4.74 Å². The van der Waals surface area contributed by atoms with E-state index in [1.165, 1.54) is 5.69 Å². The third-order valence-electron chi connectivity index (χ3n) is 2.92. The van der Waals surface area contributed by atoms with Crippen LogP contribution in [0.15, 0.2) is 11.2 Å². The van der Waals surface area contributed by atoms with Crippen molar-refractivity contribution in [1.29, 1.82) is 0 Å². The Morgan fingerprint density at radius 1 is 1.43 bits per heavy atom. The van der Waals surface area contributed by atoms with Crippen LogP contribution in [-0.2, 0) is 11.3 Å². The van der Waals surface area contributed by atoms with E-state index in [1.807, 2.05) is 20.8 Å². The van der Waals surface area contributed by atoms with Crippen molar-refractivity contribution in [2.24, 2.45) is 11.0 Å². The number of hydrogen-bond donors (Lipinski definition) is 1. The average Bonchev–Trinajstić information content (AvgIpc) is 2.54. The molecule has 0 atom stereocenters. The highest BCUT2D eigenvalue weighted by atomic mass is 16.6. The molecule has 118 valence electrons. The zero-order chi connectivity index (χ0) is 16.2. The van der Waals surface area contributed by atoms with Crippen molar-refractivity contribution in [3.63, 3.8) is 0 Å². The number of aromatic nitrogens is 1. The van der Waals surface area contributed by atoms with Crippen LogP contribution >= 0.6 is 0 Å². The maximum Gasteiger partial charge on any atom is 0.428 e. The molecule has 21 heavy (non-hydrogen) atoms. The van der Waals surface area contributed by atoms with Gasteiger partial charge in [0.2, 0.25) is 0 Å². The molecule has 1 aromatic heterocycles. The molecular weight excluding hydrogens is 266 g/mol. The van der Waals surface area contributed by atoms with Crippen LogP contribution in [0, 0.1) is 19.8 Å². The zero-order valence-corrected chi connectivity index (χ0v) is 14.2. The molecule has 1 aromatic rings. The normalized spacial score (nSPS) is 12.2. The first-order valence-corrected chi connectivity index (χ1v) is 7.29. The van der Waals surface area contributed by atoms with Gasteiger partial charge in [0.05, 0.1) is 6.21 Å². The Kier molecular flexibility index (Phi) is 5.58. The van der Waals surface area contributed by atoms with Crippen LogP contribution in [0.1, 0.15) is 51.6 Å². The van der Waals surface area contributed by atoms with Gasteiger partial charge in [-0.05, 0) is 46.6 Å². The molecule has 1 amide bonds. The second-order valence-corrected chi connectivity index (χ2v) is 6.70. The minimum atomic E-state index is -0.547. The van der Waals surface area contributed by atoms with Gasteiger partial charge in [0.25, 0.3) is 0 Å². The number of hydrogen-bond acceptors (Lipinski definition) is 3. The van der Waals surface area contributed by atoms with E-state index in [-0.39, 0.29) is 0 Å². The lowest BCUT2D eigenvalue weighted by Crippen LogP contribution is -2.29. The molecule has 0 saturated carbocycles. The summed E-state index contributed by atoms with van der Waals surface area (Å²) in [5.74, 6) is 0.583. The molecule has 0 aromatic carbocycles. The van der Waals surface area contributed by atoms with E-state index in [1.54, 1.807) is 6.21 Å². The van der Waals surface area contributed by atoms with E-state index < -0.39 is 11.7 Å². The fraction of sp³-hybridized carbons (Fsp3) is 0.625. The minimum absolute atomic E-state index is 0.521. The molecule has 5 nitrogen and oxygen atoms in total. The van der Waals surface area contributed by atoms with E-state index in [2.05, 4.69) is 48.9 Å². The second kappa shape index (κ2) is 6.78. The first-order valence-electron chi connectivity index (χ1n) is 7.29. The molecule has 0 aliphatic rings. The van der Waals surface area contributed by atoms with Gasteiger partial charge in [-0.25, -0.2) is 10.2 Å². The van der Waals surface area contributed by atoms with Crippen LogP contribution in [0.5, 0.6) is 0 Å². The van der Waals surface area contributed by atoms with Crippen LogP contribution in [0.2, 0.25) is 0 Å². The Morgan fingerprint density at radius 2 is 2.05 bits per heavy atom. The third-order valence-corrected chi connectivity index (χ3v) is 2.92. The van der Waals surface area contributed by atoms with Crippen LogP contribution in [0.3, 0.4) is 0 Å². The van der Waals surface area contributed by atoms with E-state index in [0.29, 0.717) is 5.92 Å². The number of carbonyl (C=O) groups excluding carboxylic acids is 1. The van der Waals surface area contributed by atoms with Crippen molar-refractivity contribution in [2.75, 3.05) is 0 Å². The SMILES string of the molecule is Cc1cc(/C=N/NC(=O)OC(C)(C)C)c(C)n1CC(C)C. The van der Waals surface area contributed by atoms with Gasteiger partial charge in [0.1, 0.15) is 5.60 Å². The van der Waals surface area contributed by atoms with Crippen molar-refractivity contribution in [2.45, 2.75) is 60.6 Å². The number of nitrogens with zero attached hydrogens (tertiary/aromatic N) is 2. The molecule has 1 rings (SSSR count). The molecular formula is C16H27N3O2. The van der Waals surface area contributed by atoms with Gasteiger partial charge in [0, 0.05) is 23.5 Å². The number of hydrazone groups is 1. The quantitative estimate of drug-likeness (QED) is 0.681. The second-order valence-electron chi connectivity index (χ2n) is 6.70. The maximum absolute atomic E-state index is 11.5. The fourth-order valence-corrected chi connectivity index (χ4v) is 2.06. The lowest BCUT2D eigenvalue weighted by molar-refractivity contribution is 0.0529. The number of rotatable bonds is 4. The summed E-state index contributed by atoms with van der Waals surface area (Å²) in [7, 11) is 0. The summed E-state index contributed by atoms with van der Waals surface area (Å²) in [4.78, 5) is 11.5. The standard InChI is InChI=1S/C16H27N3O2/c1-11(2)10-19-12(3)8-14(13(19)4)9-17-18-15(20)21-16(5,6)7/h8-9,11H,10H2,1-7H3,(H,18,20)/b17-9+. The Hall–Kier alpha value is -1.78. The zero-order valence-electron chi connectivity index (χ0n) is 14.2. The maximum atomic E-state index is 11.5. The summed E-state index contributed by atoms with van der Waals surface area (Å²) in [6.07, 6.45) is 1.11. The number of carbonyl (C=O) groups is 1. The van der Waals surface area contributed by atoms with Crippen molar-refractivity contribution in [1.82, 2.24) is 9.99 Å². The Labute approximate surface area is 127 Å². The molecule has 0 fully saturated rings. The highest BCUT2D eigenvalue weighted by molar-refractivity contribution is 5.82. The monoisotopic (exact) mass is 293 g/mol. The van der Waals surface area contributed by atoms with Gasteiger partial charge in [-0.2, -0.15) is 5.10 Å². The minimum Gasteiger partial charge on any atom is -0.443 e. The predicted octanol–water partition coefficient (Wildman–Crippen LogP) is 3.62. The summed E-state index contributed by atoms with van der Waals surface area (Å²) in [5.41, 5.74) is 5.21. The number of amides is 1. The number of ether oxygens (including phenoxy) is 1. The summed E-state index contributed by atoms with van der Waals surface area (Å²) in [6.45, 7) is 14.9. The molecule has 0 radical (unpaired) electrons. The lowest BCUT2D eigenvalue weighted by atomic mass is 10.2. The lowest BCUT2D eigenvalue weighted by Gasteiger charge is -2.18. The van der Waals surface area contributed by atoms with Gasteiger partial charge in [-0.1, -0.05) is 13.8 Å². The molecule has 0 unspecified atom stereocenters. The predicted molar refractivity (Wildman–Crippen MR) is 85.7 cm³/mol. The van der Waals surface area contributed by atoms with Crippen molar-refractivity contribution in [3.8, 4) is 0 Å². The molecule has 0 bridgehead atoms. The highest BCUT2D eigenvalue weighted by Crippen LogP contribution is 2.15. The molecule has 0 aliphatic heterocycles. The molecule has 1 N–H and O–H groups in total. The molecule has 5 heteroatoms. The van der Waals surface area contributed by atoms with E-state index in [9.17, 15) is 4.79 Å². The molecule has 0 saturated heterocycles. The Bertz CT molecular complexity index is 522. The Morgan fingerprint density at radius 3 is 2.57 bits per heavy atom. The van der Waals surface area contributed by atoms with E-state index >= 15 is 0 Å². The van der Waals surface area contributed by atoms with Crippen molar-refractivity contribution in [3.05, 3.63) is 23.0 Å². The van der Waals surface area contributed by atoms with Crippen LogP contribution in [0.4, 0.5) is 4.79 Å². The molecule has 0 spiro atoms. The topological polar surface area (TPSA) is 55.6 Å². The van der Waals surface area contributed by atoms with Gasteiger partial charge < -0.3 is 9.30 Å².